The van der Waals surface area contributed by atoms with E-state index >= 15 is 0 Å². The summed E-state index contributed by atoms with van der Waals surface area (Å²) in [6, 6.07) is 21.6. The topological polar surface area (TPSA) is 118 Å². The first-order valence-corrected chi connectivity index (χ1v) is 14.6. The van der Waals surface area contributed by atoms with Crippen molar-refractivity contribution in [2.75, 3.05) is 43.8 Å². The van der Waals surface area contributed by atoms with Crippen LogP contribution in [0.5, 0.6) is 5.75 Å². The van der Waals surface area contributed by atoms with Crippen molar-refractivity contribution in [3.63, 3.8) is 0 Å². The van der Waals surface area contributed by atoms with Gasteiger partial charge in [-0.1, -0.05) is 18.2 Å². The first kappa shape index (κ1) is 28.5. The first-order chi connectivity index (χ1) is 18.8. The molecule has 0 bridgehead atoms. The van der Waals surface area contributed by atoms with Gasteiger partial charge in [0.2, 0.25) is 0 Å². The van der Waals surface area contributed by atoms with E-state index < -0.39 is 22.5 Å². The standard InChI is InChI=1S/C27H27IN4O6S/c28-22-8-10-23(11-9-22)32(39(35,36)25-4-2-1-3-5-25)19-26(33)30-29-18-21-6-12-24(13-7-21)38-20-27(34)31-14-16-37-17-15-31/h1-13,18H,14-17,19-20H2,(H,30,33)/b29-18-. The smallest absolute Gasteiger partial charge is 0.264 e. The number of hydrogen-bond donors (Lipinski definition) is 1. The van der Waals surface area contributed by atoms with Crippen LogP contribution < -0.4 is 14.5 Å². The average Bonchev–Trinajstić information content (AvgIpc) is 2.97. The number of carbonyl (C=O) groups is 2. The molecule has 12 heteroatoms. The average molecular weight is 663 g/mol. The highest BCUT2D eigenvalue weighted by Crippen LogP contribution is 2.24. The van der Waals surface area contributed by atoms with Gasteiger partial charge >= 0.3 is 0 Å². The highest BCUT2D eigenvalue weighted by Gasteiger charge is 2.27. The summed E-state index contributed by atoms with van der Waals surface area (Å²) in [6.45, 7) is 1.66. The fourth-order valence-electron chi connectivity index (χ4n) is 3.69. The highest BCUT2D eigenvalue weighted by atomic mass is 127. The fourth-order valence-corrected chi connectivity index (χ4v) is 5.49. The number of hydrazone groups is 1. The van der Waals surface area contributed by atoms with Crippen LogP contribution in [0.4, 0.5) is 5.69 Å². The van der Waals surface area contributed by atoms with Crippen molar-refractivity contribution in [3.8, 4) is 5.75 Å². The van der Waals surface area contributed by atoms with E-state index in [1.165, 1.54) is 18.3 Å². The third-order valence-electron chi connectivity index (χ3n) is 5.74. The van der Waals surface area contributed by atoms with E-state index in [4.69, 9.17) is 9.47 Å². The van der Waals surface area contributed by atoms with Gasteiger partial charge in [0.1, 0.15) is 12.3 Å². The first-order valence-electron chi connectivity index (χ1n) is 12.1. The molecule has 1 aliphatic rings. The number of nitrogens with one attached hydrogen (secondary N) is 1. The van der Waals surface area contributed by atoms with Crippen LogP contribution in [0.15, 0.2) is 88.9 Å². The van der Waals surface area contributed by atoms with E-state index in [1.54, 1.807) is 71.6 Å². The van der Waals surface area contributed by atoms with Gasteiger partial charge in [-0.05, 0) is 88.8 Å². The summed E-state index contributed by atoms with van der Waals surface area (Å²) < 4.78 is 39.5. The summed E-state index contributed by atoms with van der Waals surface area (Å²) in [7, 11) is -3.99. The SMILES string of the molecule is O=C(CN(c1ccc(I)cc1)S(=O)(=O)c1ccccc1)N/N=C\c1ccc(OCC(=O)N2CCOCC2)cc1. The largest absolute Gasteiger partial charge is 0.484 e. The van der Waals surface area contributed by atoms with Gasteiger partial charge in [0.15, 0.2) is 6.61 Å². The van der Waals surface area contributed by atoms with E-state index in [0.717, 1.165) is 7.88 Å². The Hall–Kier alpha value is -3.49. The van der Waals surface area contributed by atoms with Crippen LogP contribution in [0.25, 0.3) is 0 Å². The van der Waals surface area contributed by atoms with E-state index in [1.807, 2.05) is 0 Å². The summed E-state index contributed by atoms with van der Waals surface area (Å²) in [5, 5.41) is 3.96. The number of rotatable bonds is 10. The van der Waals surface area contributed by atoms with Gasteiger partial charge in [-0.3, -0.25) is 13.9 Å². The Morgan fingerprint density at radius 3 is 2.33 bits per heavy atom. The van der Waals surface area contributed by atoms with Gasteiger partial charge in [0.25, 0.3) is 21.8 Å². The molecule has 1 fully saturated rings. The number of amides is 2. The molecule has 1 aliphatic heterocycles. The van der Waals surface area contributed by atoms with Crippen molar-refractivity contribution in [2.24, 2.45) is 5.10 Å². The number of hydrogen-bond acceptors (Lipinski definition) is 7. The zero-order valence-electron chi connectivity index (χ0n) is 20.9. The molecular weight excluding hydrogens is 635 g/mol. The molecule has 0 spiro atoms. The summed E-state index contributed by atoms with van der Waals surface area (Å²) in [4.78, 5) is 26.7. The fraction of sp³-hybridized carbons (Fsp3) is 0.222. The van der Waals surface area contributed by atoms with Gasteiger partial charge in [0.05, 0.1) is 30.0 Å². The van der Waals surface area contributed by atoms with E-state index in [0.29, 0.717) is 43.3 Å². The van der Waals surface area contributed by atoms with Crippen molar-refractivity contribution in [3.05, 3.63) is 88.0 Å². The number of sulfonamides is 1. The van der Waals surface area contributed by atoms with Crippen LogP contribution in [0.1, 0.15) is 5.56 Å². The zero-order valence-corrected chi connectivity index (χ0v) is 23.9. The second-order valence-electron chi connectivity index (χ2n) is 8.45. The minimum absolute atomic E-state index is 0.0630. The van der Waals surface area contributed by atoms with E-state index in [2.05, 4.69) is 33.1 Å². The molecule has 1 N–H and O–H groups in total. The third-order valence-corrected chi connectivity index (χ3v) is 8.25. The molecule has 1 saturated heterocycles. The van der Waals surface area contributed by atoms with Crippen LogP contribution in [0.2, 0.25) is 0 Å². The van der Waals surface area contributed by atoms with Gasteiger partial charge in [-0.25, -0.2) is 13.8 Å². The van der Waals surface area contributed by atoms with Gasteiger partial charge in [0, 0.05) is 16.7 Å². The van der Waals surface area contributed by atoms with Crippen LogP contribution in [-0.4, -0.2) is 70.8 Å². The number of morpholine rings is 1. The Balaban J connectivity index is 1.35. The lowest BCUT2D eigenvalue weighted by atomic mass is 10.2. The molecule has 1 heterocycles. The molecule has 0 atom stereocenters. The molecular formula is C27H27IN4O6S. The van der Waals surface area contributed by atoms with Gasteiger partial charge in [-0.15, -0.1) is 0 Å². The maximum atomic E-state index is 13.3. The lowest BCUT2D eigenvalue weighted by Crippen LogP contribution is -2.42. The maximum absolute atomic E-state index is 13.3. The molecule has 10 nitrogen and oxygen atoms in total. The Kier molecular flexibility index (Phi) is 9.90. The maximum Gasteiger partial charge on any atom is 0.264 e. The molecule has 2 amide bonds. The Morgan fingerprint density at radius 1 is 1.00 bits per heavy atom. The molecule has 0 unspecified atom stereocenters. The van der Waals surface area contributed by atoms with E-state index in [9.17, 15) is 18.0 Å². The van der Waals surface area contributed by atoms with Crippen LogP contribution in [-0.2, 0) is 24.3 Å². The number of benzene rings is 3. The van der Waals surface area contributed by atoms with E-state index in [-0.39, 0.29) is 17.4 Å². The molecule has 3 aromatic rings. The van der Waals surface area contributed by atoms with Crippen molar-refractivity contribution < 1.29 is 27.5 Å². The monoisotopic (exact) mass is 662 g/mol. The summed E-state index contributed by atoms with van der Waals surface area (Å²) in [6.07, 6.45) is 1.43. The Labute approximate surface area is 240 Å². The molecule has 3 aromatic carbocycles. The summed E-state index contributed by atoms with van der Waals surface area (Å²) in [5.41, 5.74) is 3.43. The third kappa shape index (κ3) is 8.00. The second kappa shape index (κ2) is 13.5. The highest BCUT2D eigenvalue weighted by molar-refractivity contribution is 14.1. The molecule has 4 rings (SSSR count). The van der Waals surface area contributed by atoms with Crippen molar-refractivity contribution in [1.29, 1.82) is 0 Å². The molecule has 204 valence electrons. The molecule has 0 saturated carbocycles. The van der Waals surface area contributed by atoms with Crippen molar-refractivity contribution >= 4 is 56.3 Å². The number of carbonyl (C=O) groups excluding carboxylic acids is 2. The predicted molar refractivity (Wildman–Crippen MR) is 155 cm³/mol. The van der Waals surface area contributed by atoms with Crippen LogP contribution in [0.3, 0.4) is 0 Å². The molecule has 0 radical (unpaired) electrons. The lowest BCUT2D eigenvalue weighted by Gasteiger charge is -2.26. The zero-order chi connectivity index (χ0) is 27.7. The Morgan fingerprint density at radius 2 is 1.67 bits per heavy atom. The van der Waals surface area contributed by atoms with Gasteiger partial charge < -0.3 is 14.4 Å². The quantitative estimate of drug-likeness (QED) is 0.203. The number of nitrogens with zero attached hydrogens (tertiary/aromatic N) is 3. The number of halogens is 1. The van der Waals surface area contributed by atoms with Gasteiger partial charge in [-0.2, -0.15) is 5.10 Å². The minimum Gasteiger partial charge on any atom is -0.484 e. The minimum atomic E-state index is -3.99. The van der Waals surface area contributed by atoms with Crippen LogP contribution >= 0.6 is 22.6 Å². The number of anilines is 1. The van der Waals surface area contributed by atoms with Crippen LogP contribution in [0, 0.1) is 3.57 Å². The normalized spacial score (nSPS) is 13.7. The summed E-state index contributed by atoms with van der Waals surface area (Å²) >= 11 is 2.12. The van der Waals surface area contributed by atoms with Crippen molar-refractivity contribution in [1.82, 2.24) is 10.3 Å². The molecule has 0 aliphatic carbocycles. The Bertz CT molecular complexity index is 1390. The predicted octanol–water partition coefficient (Wildman–Crippen LogP) is 2.87. The number of ether oxygens (including phenoxy) is 2. The lowest BCUT2D eigenvalue weighted by molar-refractivity contribution is -0.137. The molecule has 0 aromatic heterocycles. The second-order valence-corrected chi connectivity index (χ2v) is 11.6. The van der Waals surface area contributed by atoms with Crippen molar-refractivity contribution in [2.45, 2.75) is 4.90 Å². The molecule has 39 heavy (non-hydrogen) atoms. The summed E-state index contributed by atoms with van der Waals surface area (Å²) in [5.74, 6) is -0.178.